The summed E-state index contributed by atoms with van der Waals surface area (Å²) < 4.78 is 0. The standard InChI is InChI=1S/2C9H13N.C5H5N/c2*1-6-4-7(2)9(10)8(3)5-6;1-2-4-6-5-3-1/h2*4-5H,10H2,1-3H3;1-5H. The van der Waals surface area contributed by atoms with E-state index in [1.165, 1.54) is 33.4 Å². The molecular weight excluding hydrogens is 318 g/mol. The summed E-state index contributed by atoms with van der Waals surface area (Å²) in [6, 6.07) is 14.1. The summed E-state index contributed by atoms with van der Waals surface area (Å²) in [5.41, 5.74) is 20.6. The van der Waals surface area contributed by atoms with Crippen LogP contribution in [0.25, 0.3) is 0 Å². The second kappa shape index (κ2) is 10.2. The number of aromatic nitrogens is 1. The quantitative estimate of drug-likeness (QED) is 0.529. The SMILES string of the molecule is Cc1cc(C)c(N)c(C)c1.Cc1cc(C)c(N)c(C)c1.c1ccncc1. The minimum Gasteiger partial charge on any atom is -0.398 e. The van der Waals surface area contributed by atoms with Crippen LogP contribution in [0.2, 0.25) is 0 Å². The Morgan fingerprint density at radius 3 is 1.04 bits per heavy atom. The zero-order valence-corrected chi connectivity index (χ0v) is 16.8. The van der Waals surface area contributed by atoms with E-state index in [0.717, 1.165) is 11.4 Å². The number of hydrogen-bond acceptors (Lipinski definition) is 3. The topological polar surface area (TPSA) is 64.9 Å². The molecule has 26 heavy (non-hydrogen) atoms. The third kappa shape index (κ3) is 6.98. The first-order chi connectivity index (χ1) is 12.2. The highest BCUT2D eigenvalue weighted by molar-refractivity contribution is 5.54. The van der Waals surface area contributed by atoms with E-state index in [0.29, 0.717) is 0 Å². The number of nitrogens with zero attached hydrogens (tertiary/aromatic N) is 1. The molecule has 3 heteroatoms. The number of pyridine rings is 1. The van der Waals surface area contributed by atoms with Gasteiger partial charge >= 0.3 is 0 Å². The predicted octanol–water partition coefficient (Wildman–Crippen LogP) is 5.47. The number of benzene rings is 2. The molecule has 0 aliphatic rings. The Kier molecular flexibility index (Phi) is 8.36. The van der Waals surface area contributed by atoms with Gasteiger partial charge in [-0.1, -0.05) is 41.5 Å². The molecule has 0 aliphatic carbocycles. The van der Waals surface area contributed by atoms with Crippen LogP contribution in [0.1, 0.15) is 33.4 Å². The van der Waals surface area contributed by atoms with Gasteiger partial charge in [-0.25, -0.2) is 0 Å². The van der Waals surface area contributed by atoms with Gasteiger partial charge in [0.2, 0.25) is 0 Å². The fourth-order valence-electron chi connectivity index (χ4n) is 2.69. The van der Waals surface area contributed by atoms with Crippen LogP contribution < -0.4 is 11.5 Å². The molecule has 0 saturated carbocycles. The van der Waals surface area contributed by atoms with E-state index in [4.69, 9.17) is 11.5 Å². The smallest absolute Gasteiger partial charge is 0.0373 e. The number of nitrogens with two attached hydrogens (primary N) is 2. The highest BCUT2D eigenvalue weighted by atomic mass is 14.6. The van der Waals surface area contributed by atoms with Gasteiger partial charge in [-0.2, -0.15) is 0 Å². The van der Waals surface area contributed by atoms with Crippen molar-refractivity contribution >= 4 is 11.4 Å². The first-order valence-electron chi connectivity index (χ1n) is 8.74. The van der Waals surface area contributed by atoms with Crippen molar-refractivity contribution in [3.05, 3.63) is 88.2 Å². The van der Waals surface area contributed by atoms with E-state index in [9.17, 15) is 0 Å². The van der Waals surface area contributed by atoms with Crippen molar-refractivity contribution in [2.45, 2.75) is 41.5 Å². The molecule has 0 atom stereocenters. The normalized spacial score (nSPS) is 9.46. The van der Waals surface area contributed by atoms with Crippen LogP contribution in [-0.2, 0) is 0 Å². The minimum absolute atomic E-state index is 0.922. The lowest BCUT2D eigenvalue weighted by Gasteiger charge is -2.04. The summed E-state index contributed by atoms with van der Waals surface area (Å²) in [5, 5.41) is 0. The summed E-state index contributed by atoms with van der Waals surface area (Å²) in [4.78, 5) is 3.78. The van der Waals surface area contributed by atoms with Crippen molar-refractivity contribution in [2.24, 2.45) is 0 Å². The Hall–Kier alpha value is -2.81. The number of rotatable bonds is 0. The average Bonchev–Trinajstić information content (AvgIpc) is 2.60. The molecule has 0 spiro atoms. The molecule has 0 saturated heterocycles. The van der Waals surface area contributed by atoms with Crippen LogP contribution in [0.15, 0.2) is 54.9 Å². The highest BCUT2D eigenvalue weighted by Gasteiger charge is 1.97. The van der Waals surface area contributed by atoms with Crippen LogP contribution in [0.5, 0.6) is 0 Å². The van der Waals surface area contributed by atoms with E-state index < -0.39 is 0 Å². The lowest BCUT2D eigenvalue weighted by atomic mass is 10.1. The predicted molar refractivity (Wildman–Crippen MR) is 114 cm³/mol. The highest BCUT2D eigenvalue weighted by Crippen LogP contribution is 2.18. The van der Waals surface area contributed by atoms with Crippen molar-refractivity contribution in [1.82, 2.24) is 4.98 Å². The largest absolute Gasteiger partial charge is 0.398 e. The Morgan fingerprint density at radius 2 is 0.846 bits per heavy atom. The fourth-order valence-corrected chi connectivity index (χ4v) is 2.69. The molecule has 138 valence electrons. The summed E-state index contributed by atoms with van der Waals surface area (Å²) >= 11 is 0. The Labute approximate surface area is 158 Å². The van der Waals surface area contributed by atoms with Crippen LogP contribution in [-0.4, -0.2) is 4.98 Å². The van der Waals surface area contributed by atoms with Gasteiger partial charge in [-0.3, -0.25) is 4.98 Å². The molecule has 0 bridgehead atoms. The summed E-state index contributed by atoms with van der Waals surface area (Å²) in [6.07, 6.45) is 3.50. The van der Waals surface area contributed by atoms with Crippen molar-refractivity contribution in [3.63, 3.8) is 0 Å². The maximum atomic E-state index is 5.75. The number of nitrogen functional groups attached to an aromatic ring is 2. The van der Waals surface area contributed by atoms with Crippen LogP contribution in [0, 0.1) is 41.5 Å². The molecule has 1 heterocycles. The van der Waals surface area contributed by atoms with Crippen LogP contribution in [0.4, 0.5) is 11.4 Å². The number of aryl methyl sites for hydroxylation is 6. The third-order valence-electron chi connectivity index (χ3n) is 4.04. The summed E-state index contributed by atoms with van der Waals surface area (Å²) in [6.45, 7) is 12.3. The average molecular weight is 350 g/mol. The second-order valence-corrected chi connectivity index (χ2v) is 6.65. The van der Waals surface area contributed by atoms with E-state index in [-0.39, 0.29) is 0 Å². The van der Waals surface area contributed by atoms with Gasteiger partial charge in [0.1, 0.15) is 0 Å². The van der Waals surface area contributed by atoms with Crippen molar-refractivity contribution in [3.8, 4) is 0 Å². The monoisotopic (exact) mass is 349 g/mol. The molecule has 0 radical (unpaired) electrons. The first kappa shape index (κ1) is 21.2. The van der Waals surface area contributed by atoms with Gasteiger partial charge in [0.25, 0.3) is 0 Å². The van der Waals surface area contributed by atoms with E-state index in [1.54, 1.807) is 12.4 Å². The van der Waals surface area contributed by atoms with Gasteiger partial charge in [0.05, 0.1) is 0 Å². The molecule has 0 aliphatic heterocycles. The molecule has 3 rings (SSSR count). The minimum atomic E-state index is 0.922. The zero-order chi connectivity index (χ0) is 19.7. The summed E-state index contributed by atoms with van der Waals surface area (Å²) in [5.74, 6) is 0. The Balaban J connectivity index is 0.000000201. The van der Waals surface area contributed by atoms with E-state index in [1.807, 2.05) is 45.9 Å². The van der Waals surface area contributed by atoms with Crippen LogP contribution in [0.3, 0.4) is 0 Å². The third-order valence-corrected chi connectivity index (χ3v) is 4.04. The molecule has 4 N–H and O–H groups in total. The molecule has 0 amide bonds. The van der Waals surface area contributed by atoms with Gasteiger partial charge in [0.15, 0.2) is 0 Å². The zero-order valence-electron chi connectivity index (χ0n) is 16.8. The van der Waals surface area contributed by atoms with Crippen molar-refractivity contribution < 1.29 is 0 Å². The molecule has 0 fully saturated rings. The molecule has 3 nitrogen and oxygen atoms in total. The number of hydrogen-bond donors (Lipinski definition) is 2. The molecule has 3 aromatic rings. The van der Waals surface area contributed by atoms with E-state index in [2.05, 4.69) is 43.1 Å². The lowest BCUT2D eigenvalue weighted by Crippen LogP contribution is -1.93. The molecule has 1 aromatic heterocycles. The van der Waals surface area contributed by atoms with Gasteiger partial charge < -0.3 is 11.5 Å². The van der Waals surface area contributed by atoms with Gasteiger partial charge in [0, 0.05) is 23.8 Å². The second-order valence-electron chi connectivity index (χ2n) is 6.65. The maximum absolute atomic E-state index is 5.75. The van der Waals surface area contributed by atoms with Crippen molar-refractivity contribution in [1.29, 1.82) is 0 Å². The van der Waals surface area contributed by atoms with Crippen molar-refractivity contribution in [2.75, 3.05) is 11.5 Å². The Bertz CT molecular complexity index is 696. The van der Waals surface area contributed by atoms with Gasteiger partial charge in [-0.15, -0.1) is 0 Å². The molecule has 2 aromatic carbocycles. The number of anilines is 2. The Morgan fingerprint density at radius 1 is 0.538 bits per heavy atom. The van der Waals surface area contributed by atoms with Crippen LogP contribution >= 0.6 is 0 Å². The lowest BCUT2D eigenvalue weighted by molar-refractivity contribution is 1.33. The van der Waals surface area contributed by atoms with E-state index >= 15 is 0 Å². The first-order valence-corrected chi connectivity index (χ1v) is 8.74. The fraction of sp³-hybridized carbons (Fsp3) is 0.261. The van der Waals surface area contributed by atoms with Gasteiger partial charge in [-0.05, 0) is 75.9 Å². The molecule has 0 unspecified atom stereocenters. The summed E-state index contributed by atoms with van der Waals surface area (Å²) in [7, 11) is 0. The maximum Gasteiger partial charge on any atom is 0.0373 e. The molecular formula is C23H31N3.